The molecular weight excluding hydrogens is 516 g/mol. The van der Waals surface area contributed by atoms with E-state index in [0.717, 1.165) is 24.8 Å². The van der Waals surface area contributed by atoms with E-state index in [9.17, 15) is 9.59 Å². The van der Waals surface area contributed by atoms with Crippen molar-refractivity contribution in [2.45, 2.75) is 46.0 Å². The van der Waals surface area contributed by atoms with Crippen LogP contribution in [0.4, 0.5) is 0 Å². The fourth-order valence-electron chi connectivity index (χ4n) is 5.31. The zero-order valence-electron chi connectivity index (χ0n) is 23.9. The quantitative estimate of drug-likeness (QED) is 0.196. The summed E-state index contributed by atoms with van der Waals surface area (Å²) in [6, 6.07) is 24.5. The van der Waals surface area contributed by atoms with Crippen molar-refractivity contribution in [2.75, 3.05) is 13.7 Å². The summed E-state index contributed by atoms with van der Waals surface area (Å²) >= 11 is 0. The molecule has 0 saturated heterocycles. The van der Waals surface area contributed by atoms with Crippen molar-refractivity contribution in [3.05, 3.63) is 128 Å². The van der Waals surface area contributed by atoms with Crippen molar-refractivity contribution in [3.8, 4) is 22.9 Å². The largest absolute Gasteiger partial charge is 0.493 e. The first-order chi connectivity index (χ1) is 19.9. The van der Waals surface area contributed by atoms with E-state index in [1.807, 2.05) is 92.7 Å². The number of methoxy groups -OCH3 is 1. The first-order valence-electron chi connectivity index (χ1n) is 14.0. The van der Waals surface area contributed by atoms with Gasteiger partial charge in [0.05, 0.1) is 36.2 Å². The zero-order chi connectivity index (χ0) is 28.9. The van der Waals surface area contributed by atoms with E-state index in [-0.39, 0.29) is 11.1 Å². The Kier molecular flexibility index (Phi) is 8.29. The molecule has 0 unspecified atom stereocenters. The Morgan fingerprint density at radius 3 is 1.76 bits per heavy atom. The van der Waals surface area contributed by atoms with Gasteiger partial charge in [-0.2, -0.15) is 0 Å². The van der Waals surface area contributed by atoms with Crippen molar-refractivity contribution < 1.29 is 9.47 Å². The third kappa shape index (κ3) is 5.50. The lowest BCUT2D eigenvalue weighted by molar-refractivity contribution is 0.286. The highest BCUT2D eigenvalue weighted by atomic mass is 16.5. The highest BCUT2D eigenvalue weighted by molar-refractivity contribution is 5.52. The highest BCUT2D eigenvalue weighted by Crippen LogP contribution is 2.37. The fourth-order valence-corrected chi connectivity index (χ4v) is 5.31. The fraction of sp³-hybridized carbons (Fsp3) is 0.273. The Balaban J connectivity index is 1.69. The molecule has 5 aromatic rings. The van der Waals surface area contributed by atoms with Gasteiger partial charge in [0, 0.05) is 17.3 Å². The molecule has 2 N–H and O–H groups in total. The Morgan fingerprint density at radius 2 is 1.27 bits per heavy atom. The average Bonchev–Trinajstić information content (AvgIpc) is 3.46. The minimum atomic E-state index is -0.666. The molecule has 2 aromatic heterocycles. The predicted octanol–water partition coefficient (Wildman–Crippen LogP) is 6.02. The van der Waals surface area contributed by atoms with E-state index in [0.29, 0.717) is 52.0 Å². The molecule has 41 heavy (non-hydrogen) atoms. The summed E-state index contributed by atoms with van der Waals surface area (Å²) in [7, 11) is 1.60. The molecule has 0 atom stereocenters. The minimum absolute atomic E-state index is 0.219. The number of unbranched alkanes of at least 4 members (excludes halogenated alkanes) is 2. The first kappa shape index (κ1) is 27.8. The van der Waals surface area contributed by atoms with E-state index < -0.39 is 5.92 Å². The Hall–Kier alpha value is -4.72. The van der Waals surface area contributed by atoms with Gasteiger partial charge in [-0.15, -0.1) is 0 Å². The molecule has 5 rings (SSSR count). The molecule has 212 valence electrons. The lowest BCUT2D eigenvalue weighted by atomic mass is 9.85. The third-order valence-corrected chi connectivity index (χ3v) is 7.37. The van der Waals surface area contributed by atoms with Gasteiger partial charge in [-0.3, -0.25) is 19.8 Å². The van der Waals surface area contributed by atoms with Crippen molar-refractivity contribution >= 4 is 0 Å². The maximum Gasteiger partial charge on any atom is 0.275 e. The van der Waals surface area contributed by atoms with Gasteiger partial charge in [0.15, 0.2) is 11.5 Å². The van der Waals surface area contributed by atoms with Crippen LogP contribution in [0.15, 0.2) is 88.5 Å². The zero-order valence-corrected chi connectivity index (χ0v) is 23.9. The van der Waals surface area contributed by atoms with Crippen molar-refractivity contribution in [1.82, 2.24) is 19.6 Å². The summed E-state index contributed by atoms with van der Waals surface area (Å²) in [5.41, 5.74) is 4.08. The molecule has 0 spiro atoms. The number of ether oxygens (including phenoxy) is 2. The molecule has 8 heteroatoms. The monoisotopic (exact) mass is 552 g/mol. The van der Waals surface area contributed by atoms with Crippen LogP contribution < -0.4 is 20.6 Å². The van der Waals surface area contributed by atoms with E-state index in [1.165, 1.54) is 9.36 Å². The summed E-state index contributed by atoms with van der Waals surface area (Å²) in [4.78, 5) is 28.1. The summed E-state index contributed by atoms with van der Waals surface area (Å²) in [5, 5.41) is 6.47. The lowest BCUT2D eigenvalue weighted by Crippen LogP contribution is -2.25. The number of para-hydroxylation sites is 2. The van der Waals surface area contributed by atoms with Crippen LogP contribution in [-0.2, 0) is 0 Å². The van der Waals surface area contributed by atoms with Gasteiger partial charge in [0.2, 0.25) is 0 Å². The van der Waals surface area contributed by atoms with Gasteiger partial charge in [-0.1, -0.05) is 62.2 Å². The predicted molar refractivity (Wildman–Crippen MR) is 161 cm³/mol. The van der Waals surface area contributed by atoms with Gasteiger partial charge in [0.25, 0.3) is 11.1 Å². The Morgan fingerprint density at radius 1 is 0.732 bits per heavy atom. The molecule has 0 aliphatic carbocycles. The number of nitrogens with one attached hydrogen (secondary N) is 2. The number of aromatic amines is 2. The van der Waals surface area contributed by atoms with Gasteiger partial charge in [-0.05, 0) is 62.2 Å². The number of nitrogens with zero attached hydrogens (tertiary/aromatic N) is 2. The minimum Gasteiger partial charge on any atom is -0.493 e. The standard InChI is InChI=1S/C33H36N4O4/c1-5-6-13-20-41-27-19-18-24(21-28(27)40-4)31(29-22(2)34-36(32(29)38)25-14-9-7-10-15-25)30-23(3)35-37(33(30)39)26-16-11-8-12-17-26/h7-12,14-19,21,31,34-35H,5-6,13,20H2,1-4H3. The maximum absolute atomic E-state index is 14.1. The molecule has 3 aromatic carbocycles. The van der Waals surface area contributed by atoms with Crippen LogP contribution in [0.5, 0.6) is 11.5 Å². The lowest BCUT2D eigenvalue weighted by Gasteiger charge is -2.18. The third-order valence-electron chi connectivity index (χ3n) is 7.37. The number of rotatable bonds is 11. The topological polar surface area (TPSA) is 94.0 Å². The maximum atomic E-state index is 14.1. The molecule has 0 aliphatic rings. The summed E-state index contributed by atoms with van der Waals surface area (Å²) in [6.07, 6.45) is 3.14. The van der Waals surface area contributed by atoms with Crippen molar-refractivity contribution in [3.63, 3.8) is 0 Å². The van der Waals surface area contributed by atoms with E-state index >= 15 is 0 Å². The normalized spacial score (nSPS) is 11.2. The van der Waals surface area contributed by atoms with Crippen LogP contribution in [0.1, 0.15) is 60.2 Å². The van der Waals surface area contributed by atoms with Crippen LogP contribution in [0.3, 0.4) is 0 Å². The molecule has 0 amide bonds. The molecule has 0 aliphatic heterocycles. The molecule has 0 saturated carbocycles. The summed E-state index contributed by atoms with van der Waals surface area (Å²) < 4.78 is 14.8. The SMILES string of the molecule is CCCCCOc1ccc(C(c2c(C)[nH]n(-c3ccccc3)c2=O)c2c(C)[nH]n(-c3ccccc3)c2=O)cc1OC. The second kappa shape index (κ2) is 12.2. The molecule has 0 bridgehead atoms. The molecule has 2 heterocycles. The smallest absolute Gasteiger partial charge is 0.275 e. The van der Waals surface area contributed by atoms with Gasteiger partial charge >= 0.3 is 0 Å². The van der Waals surface area contributed by atoms with Crippen LogP contribution in [0.2, 0.25) is 0 Å². The van der Waals surface area contributed by atoms with E-state index in [1.54, 1.807) is 7.11 Å². The molecule has 0 fully saturated rings. The first-order valence-corrected chi connectivity index (χ1v) is 14.0. The average molecular weight is 553 g/mol. The molecular formula is C33H36N4O4. The Labute approximate surface area is 239 Å². The van der Waals surface area contributed by atoms with Crippen LogP contribution >= 0.6 is 0 Å². The van der Waals surface area contributed by atoms with Crippen molar-refractivity contribution in [1.29, 1.82) is 0 Å². The summed E-state index contributed by atoms with van der Waals surface area (Å²) in [6.45, 7) is 6.47. The van der Waals surface area contributed by atoms with Crippen molar-refractivity contribution in [2.24, 2.45) is 0 Å². The summed E-state index contributed by atoms with van der Waals surface area (Å²) in [5.74, 6) is 0.517. The number of aromatic nitrogens is 4. The number of benzene rings is 3. The van der Waals surface area contributed by atoms with Crippen LogP contribution in [0, 0.1) is 13.8 Å². The number of H-pyrrole nitrogens is 2. The van der Waals surface area contributed by atoms with E-state index in [2.05, 4.69) is 17.1 Å². The number of aryl methyl sites for hydroxylation is 2. The van der Waals surface area contributed by atoms with Gasteiger partial charge in [0.1, 0.15) is 0 Å². The highest BCUT2D eigenvalue weighted by Gasteiger charge is 2.31. The number of hydrogen-bond acceptors (Lipinski definition) is 4. The molecule has 0 radical (unpaired) electrons. The van der Waals surface area contributed by atoms with Gasteiger partial charge < -0.3 is 9.47 Å². The second-order valence-corrected chi connectivity index (χ2v) is 10.2. The van der Waals surface area contributed by atoms with E-state index in [4.69, 9.17) is 9.47 Å². The van der Waals surface area contributed by atoms with Gasteiger partial charge in [-0.25, -0.2) is 9.36 Å². The molecule has 8 nitrogen and oxygen atoms in total. The van der Waals surface area contributed by atoms with Crippen LogP contribution in [-0.4, -0.2) is 33.3 Å². The number of hydrogen-bond donors (Lipinski definition) is 2. The Bertz CT molecular complexity index is 1630. The second-order valence-electron chi connectivity index (χ2n) is 10.2. The van der Waals surface area contributed by atoms with Crippen LogP contribution in [0.25, 0.3) is 11.4 Å².